The number of amides is 1. The third-order valence-electron chi connectivity index (χ3n) is 6.17. The summed E-state index contributed by atoms with van der Waals surface area (Å²) in [6.07, 6.45) is -2.48. The van der Waals surface area contributed by atoms with Crippen LogP contribution in [0.4, 0.5) is 18.9 Å². The molecule has 0 atom stereocenters. The van der Waals surface area contributed by atoms with Gasteiger partial charge in [-0.2, -0.15) is 13.2 Å². The van der Waals surface area contributed by atoms with E-state index in [0.29, 0.717) is 28.1 Å². The van der Waals surface area contributed by atoms with Crippen LogP contribution < -0.4 is 10.6 Å². The number of pyridine rings is 1. The Bertz CT molecular complexity index is 1530. The van der Waals surface area contributed by atoms with Crippen LogP contribution in [0.1, 0.15) is 28.8 Å². The highest BCUT2D eigenvalue weighted by molar-refractivity contribution is 6.32. The van der Waals surface area contributed by atoms with Gasteiger partial charge in [0.15, 0.2) is 0 Å². The van der Waals surface area contributed by atoms with Crippen molar-refractivity contribution < 1.29 is 27.9 Å². The summed E-state index contributed by atoms with van der Waals surface area (Å²) in [6, 6.07) is 19.2. The second kappa shape index (κ2) is 14.7. The van der Waals surface area contributed by atoms with Crippen LogP contribution in [0.2, 0.25) is 10.0 Å². The van der Waals surface area contributed by atoms with E-state index in [4.69, 9.17) is 28.3 Å². The predicted octanol–water partition coefficient (Wildman–Crippen LogP) is 8.18. The number of aryl methyl sites for hydroxylation is 2. The molecule has 1 aromatic heterocycles. The topological polar surface area (TPSA) is 91.3 Å². The first-order valence-corrected chi connectivity index (χ1v) is 13.5. The molecule has 0 saturated heterocycles. The highest BCUT2D eigenvalue weighted by Crippen LogP contribution is 2.38. The second-order valence-electron chi connectivity index (χ2n) is 9.28. The number of aromatic nitrogens is 1. The Hall–Kier alpha value is -4.08. The maximum atomic E-state index is 13.4. The summed E-state index contributed by atoms with van der Waals surface area (Å²) in [6.45, 7) is 4.28. The fourth-order valence-electron chi connectivity index (χ4n) is 4.01. The summed E-state index contributed by atoms with van der Waals surface area (Å²) in [5.41, 5.74) is 5.53. The predicted molar refractivity (Wildman–Crippen MR) is 160 cm³/mol. The molecule has 42 heavy (non-hydrogen) atoms. The first kappa shape index (κ1) is 32.4. The summed E-state index contributed by atoms with van der Waals surface area (Å²) < 4.78 is 40.3. The number of alkyl halides is 3. The van der Waals surface area contributed by atoms with Crippen molar-refractivity contribution in [3.8, 4) is 22.3 Å². The van der Waals surface area contributed by atoms with Gasteiger partial charge in [0.05, 0.1) is 12.0 Å². The first-order chi connectivity index (χ1) is 19.9. The van der Waals surface area contributed by atoms with Crippen LogP contribution in [0.3, 0.4) is 0 Å². The van der Waals surface area contributed by atoms with Crippen LogP contribution in [0.15, 0.2) is 72.9 Å². The summed E-state index contributed by atoms with van der Waals surface area (Å²) in [7, 11) is 0. The Balaban J connectivity index is 0.000000531. The summed E-state index contributed by atoms with van der Waals surface area (Å²) >= 11 is 12.4. The van der Waals surface area contributed by atoms with E-state index in [-0.39, 0.29) is 24.5 Å². The Kier molecular flexibility index (Phi) is 11.4. The molecule has 0 saturated carbocycles. The van der Waals surface area contributed by atoms with Gasteiger partial charge in [0, 0.05) is 46.3 Å². The number of benzene rings is 3. The molecule has 6 nitrogen and oxygen atoms in total. The van der Waals surface area contributed by atoms with Crippen LogP contribution in [-0.4, -0.2) is 29.0 Å². The van der Waals surface area contributed by atoms with Crippen LogP contribution in [0.5, 0.6) is 0 Å². The third kappa shape index (κ3) is 9.22. The zero-order valence-electron chi connectivity index (χ0n) is 22.7. The number of hydrogen-bond acceptors (Lipinski definition) is 4. The molecule has 0 spiro atoms. The number of rotatable bonds is 9. The molecule has 11 heteroatoms. The third-order valence-corrected chi connectivity index (χ3v) is 6.74. The van der Waals surface area contributed by atoms with Gasteiger partial charge in [-0.25, -0.2) is 0 Å². The maximum Gasteiger partial charge on any atom is 0.416 e. The van der Waals surface area contributed by atoms with E-state index in [1.807, 2.05) is 56.3 Å². The molecule has 3 aromatic carbocycles. The van der Waals surface area contributed by atoms with E-state index in [1.165, 1.54) is 0 Å². The van der Waals surface area contributed by atoms with Gasteiger partial charge in [0.25, 0.3) is 0 Å². The zero-order valence-corrected chi connectivity index (χ0v) is 24.2. The van der Waals surface area contributed by atoms with Crippen LogP contribution in [0, 0.1) is 13.8 Å². The number of carbonyl (C=O) groups is 2. The highest BCUT2D eigenvalue weighted by atomic mass is 35.5. The lowest BCUT2D eigenvalue weighted by molar-refractivity contribution is -0.138. The van der Waals surface area contributed by atoms with Crippen molar-refractivity contribution in [3.05, 3.63) is 105 Å². The lowest BCUT2D eigenvalue weighted by Gasteiger charge is -2.17. The van der Waals surface area contributed by atoms with Crippen LogP contribution in [-0.2, 0) is 22.3 Å². The number of carboxylic acid groups (broad SMARTS) is 1. The molecule has 3 N–H and O–H groups in total. The number of nitrogens with zero attached hydrogens (tertiary/aromatic N) is 1. The highest BCUT2D eigenvalue weighted by Gasteiger charge is 2.32. The van der Waals surface area contributed by atoms with Crippen LogP contribution in [0.25, 0.3) is 22.3 Å². The minimum Gasteiger partial charge on any atom is -0.481 e. The van der Waals surface area contributed by atoms with E-state index in [1.54, 1.807) is 18.3 Å². The second-order valence-corrected chi connectivity index (χ2v) is 10.1. The zero-order chi connectivity index (χ0) is 30.9. The van der Waals surface area contributed by atoms with Gasteiger partial charge in [0.1, 0.15) is 0 Å². The number of halogens is 5. The van der Waals surface area contributed by atoms with E-state index in [2.05, 4.69) is 15.6 Å². The summed E-state index contributed by atoms with van der Waals surface area (Å²) in [5, 5.41) is 14.2. The Morgan fingerprint density at radius 1 is 0.952 bits per heavy atom. The monoisotopic (exact) mass is 617 g/mol. The van der Waals surface area contributed by atoms with Crippen molar-refractivity contribution in [3.63, 3.8) is 0 Å². The van der Waals surface area contributed by atoms with Crippen molar-refractivity contribution in [2.24, 2.45) is 0 Å². The van der Waals surface area contributed by atoms with E-state index in [0.717, 1.165) is 40.2 Å². The summed E-state index contributed by atoms with van der Waals surface area (Å²) in [4.78, 5) is 23.4. The van der Waals surface area contributed by atoms with Gasteiger partial charge in [-0.3, -0.25) is 14.6 Å². The molecular formula is C31H28Cl2F3N3O3. The Labute approximate surface area is 251 Å². The molecule has 4 rings (SSSR count). The van der Waals surface area contributed by atoms with E-state index in [9.17, 15) is 22.8 Å². The largest absolute Gasteiger partial charge is 0.481 e. The average Bonchev–Trinajstić information content (AvgIpc) is 2.93. The lowest BCUT2D eigenvalue weighted by Crippen LogP contribution is -2.15. The van der Waals surface area contributed by atoms with Gasteiger partial charge in [0.2, 0.25) is 6.41 Å². The average molecular weight is 618 g/mol. The van der Waals surface area contributed by atoms with Gasteiger partial charge in [-0.1, -0.05) is 47.5 Å². The number of carboxylic acids is 1. The number of aliphatic carboxylic acids is 1. The van der Waals surface area contributed by atoms with Gasteiger partial charge in [-0.05, 0) is 84.1 Å². The molecule has 0 radical (unpaired) electrons. The maximum absolute atomic E-state index is 13.4. The molecule has 220 valence electrons. The fourth-order valence-corrected chi connectivity index (χ4v) is 4.52. The number of anilines is 1. The minimum absolute atomic E-state index is 0.0151. The van der Waals surface area contributed by atoms with Gasteiger partial charge >= 0.3 is 12.1 Å². The fraction of sp³-hybridized carbons (Fsp3) is 0.194. The quantitative estimate of drug-likeness (QED) is 0.130. The van der Waals surface area contributed by atoms with Crippen molar-refractivity contribution in [2.45, 2.75) is 33.0 Å². The molecule has 0 bridgehead atoms. The van der Waals surface area contributed by atoms with Crippen LogP contribution >= 0.6 is 23.2 Å². The molecule has 4 aromatic rings. The van der Waals surface area contributed by atoms with Crippen molar-refractivity contribution in [1.82, 2.24) is 10.3 Å². The minimum atomic E-state index is -4.50. The normalized spacial score (nSPS) is 10.8. The standard InChI is InChI=1S/C27H21Cl2F3N2.C4H7NO3/c1-16-11-21(28)7-10-23(16)18-5-8-22(9-6-18)34-15-25-24(19-4-3-17(2)33-14-19)12-20(13-26(25)29)27(30,31)32;6-3-5-2-1-4(7)8/h3-14,34H,15H2,1-2H3;3H,1-2H2,(H,5,6)(H,7,8). The lowest BCUT2D eigenvalue weighted by atomic mass is 9.97. The first-order valence-electron chi connectivity index (χ1n) is 12.7. The summed E-state index contributed by atoms with van der Waals surface area (Å²) in [5.74, 6) is -0.903. The van der Waals surface area contributed by atoms with Crippen molar-refractivity contribution in [1.29, 1.82) is 0 Å². The van der Waals surface area contributed by atoms with Crippen molar-refractivity contribution in [2.75, 3.05) is 11.9 Å². The molecular weight excluding hydrogens is 590 g/mol. The number of hydrogen-bond donors (Lipinski definition) is 3. The smallest absolute Gasteiger partial charge is 0.416 e. The van der Waals surface area contributed by atoms with Crippen molar-refractivity contribution >= 4 is 41.3 Å². The number of carbonyl (C=O) groups excluding carboxylic acids is 1. The SMILES string of the molecule is Cc1ccc(-c2cc(C(F)(F)F)cc(Cl)c2CNc2ccc(-c3ccc(Cl)cc3C)cc2)cn1.O=CNCCC(=O)O. The molecule has 0 aliphatic carbocycles. The van der Waals surface area contributed by atoms with E-state index >= 15 is 0 Å². The van der Waals surface area contributed by atoms with Gasteiger partial charge in [-0.15, -0.1) is 0 Å². The molecule has 1 amide bonds. The molecule has 1 heterocycles. The molecule has 0 aliphatic rings. The molecule has 0 unspecified atom stereocenters. The molecule has 0 aliphatic heterocycles. The molecule has 0 fully saturated rings. The Morgan fingerprint density at radius 3 is 2.21 bits per heavy atom. The Morgan fingerprint density at radius 2 is 1.64 bits per heavy atom. The van der Waals surface area contributed by atoms with E-state index < -0.39 is 17.7 Å². The van der Waals surface area contributed by atoms with Gasteiger partial charge < -0.3 is 15.7 Å². The number of nitrogens with one attached hydrogen (secondary N) is 2.